The summed E-state index contributed by atoms with van der Waals surface area (Å²) in [5.74, 6) is -0.101. The van der Waals surface area contributed by atoms with Crippen molar-refractivity contribution in [1.29, 1.82) is 0 Å². The molecule has 0 fully saturated rings. The summed E-state index contributed by atoms with van der Waals surface area (Å²) >= 11 is 1.52. The lowest BCUT2D eigenvalue weighted by Crippen LogP contribution is -2.39. The van der Waals surface area contributed by atoms with Gasteiger partial charge in [-0.3, -0.25) is 9.78 Å². The predicted molar refractivity (Wildman–Crippen MR) is 52.2 cm³/mol. The molecule has 1 amide bonds. The number of rotatable bonds is 4. The van der Waals surface area contributed by atoms with Crippen molar-refractivity contribution < 1.29 is 4.79 Å². The number of nitrogens with one attached hydrogen (secondary N) is 1. The van der Waals surface area contributed by atoms with E-state index in [4.69, 9.17) is 5.73 Å². The van der Waals surface area contributed by atoms with Gasteiger partial charge >= 0.3 is 0 Å². The van der Waals surface area contributed by atoms with Gasteiger partial charge in [0.05, 0.1) is 18.1 Å². The van der Waals surface area contributed by atoms with Crippen LogP contribution in [0.1, 0.15) is 18.2 Å². The van der Waals surface area contributed by atoms with Gasteiger partial charge in [0, 0.05) is 11.1 Å². The number of aromatic nitrogens is 1. The molecule has 1 aromatic heterocycles. The molecule has 5 heteroatoms. The van der Waals surface area contributed by atoms with Gasteiger partial charge in [-0.1, -0.05) is 6.92 Å². The van der Waals surface area contributed by atoms with E-state index in [2.05, 4.69) is 10.3 Å². The van der Waals surface area contributed by atoms with Crippen LogP contribution in [0.5, 0.6) is 0 Å². The predicted octanol–water partition coefficient (Wildman–Crippen LogP) is 0.497. The number of nitrogens with two attached hydrogens (primary N) is 1. The van der Waals surface area contributed by atoms with Gasteiger partial charge in [-0.15, -0.1) is 11.3 Å². The van der Waals surface area contributed by atoms with E-state index in [0.29, 0.717) is 13.0 Å². The highest BCUT2D eigenvalue weighted by Gasteiger charge is 2.09. The Morgan fingerprint density at radius 2 is 2.62 bits per heavy atom. The number of carbonyl (C=O) groups excluding carboxylic acids is 1. The fourth-order valence-corrected chi connectivity index (χ4v) is 1.35. The van der Waals surface area contributed by atoms with Crippen LogP contribution >= 0.6 is 11.3 Å². The van der Waals surface area contributed by atoms with Crippen LogP contribution in [-0.4, -0.2) is 16.9 Å². The molecule has 1 aromatic rings. The van der Waals surface area contributed by atoms with Crippen molar-refractivity contribution in [2.45, 2.75) is 25.9 Å². The monoisotopic (exact) mass is 199 g/mol. The molecule has 0 unspecified atom stereocenters. The Morgan fingerprint density at radius 1 is 1.85 bits per heavy atom. The molecule has 0 saturated carbocycles. The van der Waals surface area contributed by atoms with E-state index in [1.165, 1.54) is 11.3 Å². The van der Waals surface area contributed by atoms with Crippen LogP contribution in [0.4, 0.5) is 0 Å². The molecule has 3 N–H and O–H groups in total. The van der Waals surface area contributed by atoms with Gasteiger partial charge in [-0.2, -0.15) is 0 Å². The third-order valence-electron chi connectivity index (χ3n) is 1.70. The Morgan fingerprint density at radius 3 is 3.15 bits per heavy atom. The maximum absolute atomic E-state index is 11.2. The minimum absolute atomic E-state index is 0.101. The van der Waals surface area contributed by atoms with E-state index in [1.54, 1.807) is 11.7 Å². The number of hydrogen-bond donors (Lipinski definition) is 2. The first-order valence-corrected chi connectivity index (χ1v) is 5.02. The van der Waals surface area contributed by atoms with Crippen molar-refractivity contribution in [3.05, 3.63) is 16.6 Å². The molecule has 1 heterocycles. The minimum atomic E-state index is -0.395. The van der Waals surface area contributed by atoms with Crippen molar-refractivity contribution in [2.75, 3.05) is 0 Å². The number of amides is 1. The number of thiazole rings is 1. The van der Waals surface area contributed by atoms with Crippen molar-refractivity contribution >= 4 is 17.2 Å². The fourth-order valence-electron chi connectivity index (χ4n) is 0.820. The summed E-state index contributed by atoms with van der Waals surface area (Å²) < 4.78 is 0. The van der Waals surface area contributed by atoms with E-state index in [0.717, 1.165) is 4.88 Å². The van der Waals surface area contributed by atoms with Crippen molar-refractivity contribution in [3.8, 4) is 0 Å². The molecule has 0 saturated heterocycles. The van der Waals surface area contributed by atoms with E-state index in [-0.39, 0.29) is 5.91 Å². The van der Waals surface area contributed by atoms with E-state index < -0.39 is 6.04 Å². The van der Waals surface area contributed by atoms with Crippen LogP contribution in [0.25, 0.3) is 0 Å². The molecule has 0 aliphatic heterocycles. The summed E-state index contributed by atoms with van der Waals surface area (Å²) in [6, 6.07) is -0.395. The quantitative estimate of drug-likeness (QED) is 0.742. The third kappa shape index (κ3) is 3.12. The standard InChI is InChI=1S/C8H13N3OS/c1-2-7(9)8(12)11-4-6-3-10-5-13-6/h3,5,7H,2,4,9H2,1H3,(H,11,12)/t7-/m1/s1. The number of carbonyl (C=O) groups is 1. The summed E-state index contributed by atoms with van der Waals surface area (Å²) in [6.07, 6.45) is 2.40. The van der Waals surface area contributed by atoms with Crippen LogP contribution in [0.3, 0.4) is 0 Å². The van der Waals surface area contributed by atoms with Crippen LogP contribution in [0.2, 0.25) is 0 Å². The lowest BCUT2D eigenvalue weighted by molar-refractivity contribution is -0.122. The molecule has 0 bridgehead atoms. The van der Waals surface area contributed by atoms with Crippen LogP contribution in [0.15, 0.2) is 11.7 Å². The van der Waals surface area contributed by atoms with Crippen molar-refractivity contribution in [1.82, 2.24) is 10.3 Å². The maximum atomic E-state index is 11.2. The molecule has 1 rings (SSSR count). The average molecular weight is 199 g/mol. The van der Waals surface area contributed by atoms with Gasteiger partial charge in [0.15, 0.2) is 0 Å². The second-order valence-corrected chi connectivity index (χ2v) is 3.67. The molecule has 0 aliphatic carbocycles. The zero-order valence-corrected chi connectivity index (χ0v) is 8.30. The minimum Gasteiger partial charge on any atom is -0.350 e. The fraction of sp³-hybridized carbons (Fsp3) is 0.500. The summed E-state index contributed by atoms with van der Waals surface area (Å²) in [4.78, 5) is 16.2. The second kappa shape index (κ2) is 4.94. The topological polar surface area (TPSA) is 68.0 Å². The highest BCUT2D eigenvalue weighted by Crippen LogP contribution is 2.04. The Balaban J connectivity index is 2.31. The van der Waals surface area contributed by atoms with Crippen LogP contribution in [0, 0.1) is 0 Å². The molecule has 0 spiro atoms. The zero-order chi connectivity index (χ0) is 9.68. The van der Waals surface area contributed by atoms with Gasteiger partial charge in [0.1, 0.15) is 0 Å². The molecule has 1 atom stereocenters. The highest BCUT2D eigenvalue weighted by atomic mass is 32.1. The Kier molecular flexibility index (Phi) is 3.85. The van der Waals surface area contributed by atoms with Crippen LogP contribution < -0.4 is 11.1 Å². The maximum Gasteiger partial charge on any atom is 0.237 e. The lowest BCUT2D eigenvalue weighted by atomic mass is 10.2. The van der Waals surface area contributed by atoms with E-state index >= 15 is 0 Å². The van der Waals surface area contributed by atoms with Gasteiger partial charge < -0.3 is 11.1 Å². The second-order valence-electron chi connectivity index (χ2n) is 2.70. The Bertz CT molecular complexity index is 260. The Labute approximate surface area is 81.2 Å². The molecule has 13 heavy (non-hydrogen) atoms. The molecular formula is C8H13N3OS. The molecule has 72 valence electrons. The zero-order valence-electron chi connectivity index (χ0n) is 7.49. The SMILES string of the molecule is CC[C@@H](N)C(=O)NCc1cncs1. The van der Waals surface area contributed by atoms with Gasteiger partial charge in [0.25, 0.3) is 0 Å². The number of nitrogens with zero attached hydrogens (tertiary/aromatic N) is 1. The smallest absolute Gasteiger partial charge is 0.237 e. The lowest BCUT2D eigenvalue weighted by Gasteiger charge is -2.08. The molecule has 0 radical (unpaired) electrons. The van der Waals surface area contributed by atoms with Gasteiger partial charge in [-0.25, -0.2) is 0 Å². The highest BCUT2D eigenvalue weighted by molar-refractivity contribution is 7.09. The molecule has 4 nitrogen and oxygen atoms in total. The van der Waals surface area contributed by atoms with E-state index in [1.807, 2.05) is 6.92 Å². The summed E-state index contributed by atoms with van der Waals surface area (Å²) in [5.41, 5.74) is 7.27. The normalized spacial score (nSPS) is 12.5. The average Bonchev–Trinajstić information content (AvgIpc) is 2.65. The first kappa shape index (κ1) is 10.1. The summed E-state index contributed by atoms with van der Waals surface area (Å²) in [5, 5.41) is 2.74. The first-order valence-electron chi connectivity index (χ1n) is 4.14. The molecular weight excluding hydrogens is 186 g/mol. The van der Waals surface area contributed by atoms with Crippen molar-refractivity contribution in [2.24, 2.45) is 5.73 Å². The van der Waals surface area contributed by atoms with E-state index in [9.17, 15) is 4.79 Å². The first-order chi connectivity index (χ1) is 6.24. The molecule has 0 aliphatic rings. The van der Waals surface area contributed by atoms with Gasteiger partial charge in [-0.05, 0) is 6.42 Å². The summed E-state index contributed by atoms with van der Waals surface area (Å²) in [7, 11) is 0. The third-order valence-corrected chi connectivity index (χ3v) is 2.48. The van der Waals surface area contributed by atoms with Gasteiger partial charge in [0.2, 0.25) is 5.91 Å². The van der Waals surface area contributed by atoms with Crippen molar-refractivity contribution in [3.63, 3.8) is 0 Å². The summed E-state index contributed by atoms with van der Waals surface area (Å²) in [6.45, 7) is 2.41. The Hall–Kier alpha value is -0.940. The largest absolute Gasteiger partial charge is 0.350 e. The number of hydrogen-bond acceptors (Lipinski definition) is 4. The molecule has 0 aromatic carbocycles. The van der Waals surface area contributed by atoms with Crippen LogP contribution in [-0.2, 0) is 11.3 Å².